The van der Waals surface area contributed by atoms with E-state index in [1.165, 1.54) is 32.4 Å². The van der Waals surface area contributed by atoms with Gasteiger partial charge in [-0.3, -0.25) is 0 Å². The van der Waals surface area contributed by atoms with Crippen molar-refractivity contribution in [2.24, 2.45) is 11.7 Å². The Labute approximate surface area is 69.8 Å². The van der Waals surface area contributed by atoms with Crippen LogP contribution in [0.3, 0.4) is 0 Å². The molecule has 2 heteroatoms. The van der Waals surface area contributed by atoms with Gasteiger partial charge in [-0.15, -0.1) is 0 Å². The maximum absolute atomic E-state index is 5.86. The Morgan fingerprint density at radius 2 is 2.09 bits per heavy atom. The fraction of sp³-hybridized carbons (Fsp3) is 1.00. The van der Waals surface area contributed by atoms with Crippen molar-refractivity contribution in [2.75, 3.05) is 20.1 Å². The van der Waals surface area contributed by atoms with Crippen LogP contribution in [0.5, 0.6) is 0 Å². The molecule has 1 fully saturated rings. The molecule has 0 spiro atoms. The van der Waals surface area contributed by atoms with E-state index in [-0.39, 0.29) is 0 Å². The Morgan fingerprint density at radius 3 is 2.73 bits per heavy atom. The third-order valence-electron chi connectivity index (χ3n) is 2.74. The highest BCUT2D eigenvalue weighted by atomic mass is 15.1. The average Bonchev–Trinajstić information content (AvgIpc) is 2.13. The van der Waals surface area contributed by atoms with E-state index in [1.54, 1.807) is 0 Å². The van der Waals surface area contributed by atoms with Crippen molar-refractivity contribution in [1.29, 1.82) is 0 Å². The normalized spacial score (nSPS) is 31.4. The van der Waals surface area contributed by atoms with Gasteiger partial charge in [0.05, 0.1) is 0 Å². The molecule has 1 aliphatic heterocycles. The molecule has 0 amide bonds. The monoisotopic (exact) mass is 156 g/mol. The summed E-state index contributed by atoms with van der Waals surface area (Å²) < 4.78 is 0. The number of rotatable bonds is 1. The molecule has 0 aliphatic carbocycles. The lowest BCUT2D eigenvalue weighted by Crippen LogP contribution is -2.27. The van der Waals surface area contributed by atoms with Crippen molar-refractivity contribution in [3.05, 3.63) is 0 Å². The molecule has 0 aromatic rings. The van der Waals surface area contributed by atoms with E-state index >= 15 is 0 Å². The zero-order valence-electron chi connectivity index (χ0n) is 7.71. The smallest absolute Gasteiger partial charge is 0.00392 e. The number of hydrogen-bond donors (Lipinski definition) is 1. The van der Waals surface area contributed by atoms with Crippen molar-refractivity contribution in [3.63, 3.8) is 0 Å². The van der Waals surface area contributed by atoms with Crippen LogP contribution < -0.4 is 5.73 Å². The van der Waals surface area contributed by atoms with E-state index in [9.17, 15) is 0 Å². The number of nitrogens with two attached hydrogens (primary N) is 1. The van der Waals surface area contributed by atoms with Crippen LogP contribution in [-0.2, 0) is 0 Å². The van der Waals surface area contributed by atoms with Gasteiger partial charge in [0.2, 0.25) is 0 Å². The van der Waals surface area contributed by atoms with E-state index in [1.807, 2.05) is 0 Å². The molecule has 0 aromatic heterocycles. The molecule has 1 saturated heterocycles. The predicted molar refractivity (Wildman–Crippen MR) is 48.5 cm³/mol. The van der Waals surface area contributed by atoms with E-state index in [2.05, 4.69) is 18.9 Å². The topological polar surface area (TPSA) is 29.3 Å². The molecule has 2 atom stereocenters. The molecule has 0 saturated carbocycles. The highest BCUT2D eigenvalue weighted by Crippen LogP contribution is 2.18. The molecule has 0 radical (unpaired) electrons. The van der Waals surface area contributed by atoms with Crippen LogP contribution in [0.25, 0.3) is 0 Å². The van der Waals surface area contributed by atoms with E-state index in [4.69, 9.17) is 5.73 Å². The molecule has 1 heterocycles. The number of nitrogens with zero attached hydrogens (tertiary/aromatic N) is 1. The van der Waals surface area contributed by atoms with Crippen molar-refractivity contribution >= 4 is 0 Å². The van der Waals surface area contributed by atoms with E-state index in [0.29, 0.717) is 6.04 Å². The molecule has 2 nitrogen and oxygen atoms in total. The number of likely N-dealkylation sites (tertiary alicyclic amines) is 1. The third-order valence-corrected chi connectivity index (χ3v) is 2.74. The van der Waals surface area contributed by atoms with Crippen LogP contribution in [0.4, 0.5) is 0 Å². The molecule has 0 bridgehead atoms. The van der Waals surface area contributed by atoms with Gasteiger partial charge in [-0.1, -0.05) is 0 Å². The molecule has 0 aromatic carbocycles. The van der Waals surface area contributed by atoms with Crippen molar-refractivity contribution in [3.8, 4) is 0 Å². The molecule has 1 aliphatic rings. The summed E-state index contributed by atoms with van der Waals surface area (Å²) in [6.07, 6.45) is 3.93. The van der Waals surface area contributed by atoms with Gasteiger partial charge >= 0.3 is 0 Å². The minimum Gasteiger partial charge on any atom is -0.328 e. The molecule has 66 valence electrons. The maximum Gasteiger partial charge on any atom is 0.00392 e. The van der Waals surface area contributed by atoms with Gasteiger partial charge in [0.25, 0.3) is 0 Å². The van der Waals surface area contributed by atoms with Gasteiger partial charge < -0.3 is 10.6 Å². The minimum absolute atomic E-state index is 0.390. The van der Waals surface area contributed by atoms with Gasteiger partial charge in [0.1, 0.15) is 0 Å². The van der Waals surface area contributed by atoms with Crippen molar-refractivity contribution < 1.29 is 0 Å². The highest BCUT2D eigenvalue weighted by molar-refractivity contribution is 4.73. The number of hydrogen-bond acceptors (Lipinski definition) is 2. The molecule has 2 unspecified atom stereocenters. The lowest BCUT2D eigenvalue weighted by atomic mass is 9.94. The van der Waals surface area contributed by atoms with Crippen LogP contribution in [-0.4, -0.2) is 31.1 Å². The second-order valence-corrected chi connectivity index (χ2v) is 3.85. The zero-order chi connectivity index (χ0) is 8.27. The third kappa shape index (κ3) is 2.80. The van der Waals surface area contributed by atoms with Crippen molar-refractivity contribution in [2.45, 2.75) is 32.2 Å². The Bertz CT molecular complexity index is 112. The first-order valence-corrected chi connectivity index (χ1v) is 4.64. The summed E-state index contributed by atoms with van der Waals surface area (Å²) in [5.41, 5.74) is 5.86. The first-order valence-electron chi connectivity index (χ1n) is 4.64. The summed E-state index contributed by atoms with van der Waals surface area (Å²) in [6.45, 7) is 4.62. The summed E-state index contributed by atoms with van der Waals surface area (Å²) in [6, 6.07) is 0.390. The first kappa shape index (κ1) is 9.01. The molecule has 2 N–H and O–H groups in total. The second kappa shape index (κ2) is 4.07. The quantitative estimate of drug-likeness (QED) is 0.615. The Balaban J connectivity index is 2.34. The van der Waals surface area contributed by atoms with Crippen molar-refractivity contribution in [1.82, 2.24) is 4.90 Å². The summed E-state index contributed by atoms with van der Waals surface area (Å²) in [5, 5.41) is 0. The van der Waals surface area contributed by atoms with Gasteiger partial charge in [0, 0.05) is 6.04 Å². The highest BCUT2D eigenvalue weighted by Gasteiger charge is 2.17. The zero-order valence-corrected chi connectivity index (χ0v) is 7.71. The second-order valence-electron chi connectivity index (χ2n) is 3.85. The molecule has 11 heavy (non-hydrogen) atoms. The summed E-state index contributed by atoms with van der Waals surface area (Å²) in [5.74, 6) is 0.764. The van der Waals surface area contributed by atoms with Gasteiger partial charge in [-0.05, 0) is 52.2 Å². The standard InChI is InChI=1S/C9H20N2/c1-8(10)9-4-3-6-11(2)7-5-9/h8-9H,3-7,10H2,1-2H3. The average molecular weight is 156 g/mol. The van der Waals surface area contributed by atoms with Crippen LogP contribution >= 0.6 is 0 Å². The SMILES string of the molecule is CC(N)C1CCCN(C)CC1. The van der Waals surface area contributed by atoms with Gasteiger partial charge in [0.15, 0.2) is 0 Å². The molecular formula is C9H20N2. The fourth-order valence-corrected chi connectivity index (χ4v) is 1.79. The minimum atomic E-state index is 0.390. The van der Waals surface area contributed by atoms with Crippen LogP contribution in [0.2, 0.25) is 0 Å². The maximum atomic E-state index is 5.86. The lowest BCUT2D eigenvalue weighted by molar-refractivity contribution is 0.333. The Hall–Kier alpha value is -0.0800. The Kier molecular flexibility index (Phi) is 3.34. The largest absolute Gasteiger partial charge is 0.328 e. The summed E-state index contributed by atoms with van der Waals surface area (Å²) in [7, 11) is 2.20. The first-order chi connectivity index (χ1) is 5.20. The van der Waals surface area contributed by atoms with Gasteiger partial charge in [-0.2, -0.15) is 0 Å². The predicted octanol–water partition coefficient (Wildman–Crippen LogP) is 1.07. The van der Waals surface area contributed by atoms with Gasteiger partial charge in [-0.25, -0.2) is 0 Å². The van der Waals surface area contributed by atoms with Crippen LogP contribution in [0.1, 0.15) is 26.2 Å². The van der Waals surface area contributed by atoms with E-state index < -0.39 is 0 Å². The summed E-state index contributed by atoms with van der Waals surface area (Å²) in [4.78, 5) is 2.41. The van der Waals surface area contributed by atoms with Crippen LogP contribution in [0.15, 0.2) is 0 Å². The molecular weight excluding hydrogens is 136 g/mol. The fourth-order valence-electron chi connectivity index (χ4n) is 1.79. The summed E-state index contributed by atoms with van der Waals surface area (Å²) >= 11 is 0. The molecule has 1 rings (SSSR count). The van der Waals surface area contributed by atoms with Crippen LogP contribution in [0, 0.1) is 5.92 Å². The Morgan fingerprint density at radius 1 is 1.36 bits per heavy atom. The lowest BCUT2D eigenvalue weighted by Gasteiger charge is -2.18. The van der Waals surface area contributed by atoms with E-state index in [0.717, 1.165) is 5.92 Å².